The first-order valence-electron chi connectivity index (χ1n) is 8.29. The zero-order valence-electron chi connectivity index (χ0n) is 13.5. The van der Waals surface area contributed by atoms with E-state index in [0.717, 1.165) is 13.0 Å². The lowest BCUT2D eigenvalue weighted by Gasteiger charge is -2.26. The molecule has 1 heterocycles. The molecule has 2 amide bonds. The van der Waals surface area contributed by atoms with Gasteiger partial charge in [-0.15, -0.1) is 0 Å². The van der Waals surface area contributed by atoms with Gasteiger partial charge in [0.05, 0.1) is 13.2 Å². The summed E-state index contributed by atoms with van der Waals surface area (Å²) in [7, 11) is 0. The second-order valence-electron chi connectivity index (χ2n) is 5.71. The van der Waals surface area contributed by atoms with E-state index in [1.165, 1.54) is 19.3 Å². The van der Waals surface area contributed by atoms with Gasteiger partial charge in [0, 0.05) is 32.5 Å². The Labute approximate surface area is 128 Å². The number of hydrogen-bond acceptors (Lipinski definition) is 3. The molecule has 0 spiro atoms. The van der Waals surface area contributed by atoms with Crippen molar-refractivity contribution in [2.45, 2.75) is 52.4 Å². The van der Waals surface area contributed by atoms with E-state index >= 15 is 0 Å². The van der Waals surface area contributed by atoms with Crippen LogP contribution >= 0.6 is 0 Å². The van der Waals surface area contributed by atoms with E-state index in [2.05, 4.69) is 19.2 Å². The molecule has 0 aromatic carbocycles. The van der Waals surface area contributed by atoms with Crippen molar-refractivity contribution in [2.75, 3.05) is 32.8 Å². The molecule has 1 rings (SSSR count). The number of rotatable bonds is 9. The first-order valence-corrected chi connectivity index (χ1v) is 8.29. The summed E-state index contributed by atoms with van der Waals surface area (Å²) >= 11 is 0. The minimum Gasteiger partial charge on any atom is -0.378 e. The second-order valence-corrected chi connectivity index (χ2v) is 5.71. The van der Waals surface area contributed by atoms with Crippen molar-refractivity contribution in [3.8, 4) is 0 Å². The number of amides is 2. The molecular weight excluding hydrogens is 268 g/mol. The van der Waals surface area contributed by atoms with Gasteiger partial charge < -0.3 is 15.0 Å². The second kappa shape index (κ2) is 10.6. The van der Waals surface area contributed by atoms with Crippen molar-refractivity contribution in [1.29, 1.82) is 0 Å². The molecule has 122 valence electrons. The minimum absolute atomic E-state index is 0.00782. The smallest absolute Gasteiger partial charge is 0.223 e. The standard InChI is InChI=1S/C16H30N2O3/c1-3-5-6-14(4-2)13-17-15(19)7-8-16(20)18-9-11-21-12-10-18/h14H,3-13H2,1-2H3,(H,17,19)/t14-/m0/s1. The summed E-state index contributed by atoms with van der Waals surface area (Å²) in [4.78, 5) is 25.5. The average molecular weight is 298 g/mol. The largest absolute Gasteiger partial charge is 0.378 e. The number of hydrogen-bond donors (Lipinski definition) is 1. The Kier molecular flexibility index (Phi) is 9.06. The molecule has 0 aromatic rings. The molecule has 0 bridgehead atoms. The van der Waals surface area contributed by atoms with Crippen LogP contribution in [0.15, 0.2) is 0 Å². The minimum atomic E-state index is -0.00782. The third-order valence-electron chi connectivity index (χ3n) is 4.06. The molecule has 1 aliphatic rings. The molecule has 1 atom stereocenters. The van der Waals surface area contributed by atoms with Gasteiger partial charge in [-0.25, -0.2) is 0 Å². The third kappa shape index (κ3) is 7.46. The average Bonchev–Trinajstić information content (AvgIpc) is 2.53. The van der Waals surface area contributed by atoms with Crippen LogP contribution in [0.4, 0.5) is 0 Å². The van der Waals surface area contributed by atoms with E-state index in [1.807, 2.05) is 0 Å². The molecule has 1 saturated heterocycles. The fourth-order valence-corrected chi connectivity index (χ4v) is 2.48. The van der Waals surface area contributed by atoms with Gasteiger partial charge >= 0.3 is 0 Å². The molecule has 1 N–H and O–H groups in total. The quantitative estimate of drug-likeness (QED) is 0.708. The number of morpholine rings is 1. The van der Waals surface area contributed by atoms with E-state index in [-0.39, 0.29) is 11.8 Å². The maximum atomic E-state index is 11.9. The summed E-state index contributed by atoms with van der Waals surface area (Å²) in [5.74, 6) is 0.613. The van der Waals surface area contributed by atoms with Crippen LogP contribution in [0, 0.1) is 5.92 Å². The summed E-state index contributed by atoms with van der Waals surface area (Å²) < 4.78 is 5.21. The summed E-state index contributed by atoms with van der Waals surface area (Å²) in [6.45, 7) is 7.59. The zero-order chi connectivity index (χ0) is 15.5. The SMILES string of the molecule is CCCC[C@H](CC)CNC(=O)CCC(=O)N1CCOCC1. The summed E-state index contributed by atoms with van der Waals surface area (Å²) in [5.41, 5.74) is 0. The first-order chi connectivity index (χ1) is 10.2. The van der Waals surface area contributed by atoms with Crippen molar-refractivity contribution in [3.63, 3.8) is 0 Å². The highest BCUT2D eigenvalue weighted by molar-refractivity contribution is 5.83. The predicted molar refractivity (Wildman–Crippen MR) is 82.9 cm³/mol. The molecule has 0 unspecified atom stereocenters. The van der Waals surface area contributed by atoms with Crippen LogP contribution in [0.1, 0.15) is 52.4 Å². The highest BCUT2D eigenvalue weighted by atomic mass is 16.5. The Morgan fingerprint density at radius 1 is 1.19 bits per heavy atom. The Morgan fingerprint density at radius 3 is 2.52 bits per heavy atom. The molecule has 5 nitrogen and oxygen atoms in total. The van der Waals surface area contributed by atoms with E-state index in [0.29, 0.717) is 45.1 Å². The fraction of sp³-hybridized carbons (Fsp3) is 0.875. The van der Waals surface area contributed by atoms with Crippen molar-refractivity contribution in [2.24, 2.45) is 5.92 Å². The summed E-state index contributed by atoms with van der Waals surface area (Å²) in [6, 6.07) is 0. The van der Waals surface area contributed by atoms with Crippen molar-refractivity contribution in [1.82, 2.24) is 10.2 Å². The molecule has 1 fully saturated rings. The lowest BCUT2D eigenvalue weighted by molar-refractivity contribution is -0.137. The van der Waals surface area contributed by atoms with Gasteiger partial charge in [-0.1, -0.05) is 33.1 Å². The number of nitrogens with zero attached hydrogens (tertiary/aromatic N) is 1. The molecule has 0 aromatic heterocycles. The molecular formula is C16H30N2O3. The number of nitrogens with one attached hydrogen (secondary N) is 1. The van der Waals surface area contributed by atoms with Gasteiger partial charge in [-0.05, 0) is 12.3 Å². The van der Waals surface area contributed by atoms with Gasteiger partial charge in [-0.2, -0.15) is 0 Å². The molecule has 1 aliphatic heterocycles. The maximum absolute atomic E-state index is 11.9. The highest BCUT2D eigenvalue weighted by Gasteiger charge is 2.17. The third-order valence-corrected chi connectivity index (χ3v) is 4.06. The molecule has 0 aliphatic carbocycles. The van der Waals surface area contributed by atoms with Crippen molar-refractivity contribution >= 4 is 11.8 Å². The van der Waals surface area contributed by atoms with Crippen molar-refractivity contribution in [3.05, 3.63) is 0 Å². The number of carbonyl (C=O) groups excluding carboxylic acids is 2. The van der Waals surface area contributed by atoms with Gasteiger partial charge in [0.15, 0.2) is 0 Å². The van der Waals surface area contributed by atoms with Crippen LogP contribution in [0.2, 0.25) is 0 Å². The number of ether oxygens (including phenoxy) is 1. The molecule has 21 heavy (non-hydrogen) atoms. The van der Waals surface area contributed by atoms with Crippen LogP contribution in [0.25, 0.3) is 0 Å². The van der Waals surface area contributed by atoms with E-state index in [4.69, 9.17) is 4.74 Å². The topological polar surface area (TPSA) is 58.6 Å². The van der Waals surface area contributed by atoms with E-state index < -0.39 is 0 Å². The van der Waals surface area contributed by atoms with Crippen LogP contribution in [-0.2, 0) is 14.3 Å². The predicted octanol–water partition coefficient (Wildman–Crippen LogP) is 1.96. The maximum Gasteiger partial charge on any atom is 0.223 e. The Balaban J connectivity index is 2.16. The van der Waals surface area contributed by atoms with Crippen molar-refractivity contribution < 1.29 is 14.3 Å². The first kappa shape index (κ1) is 18.0. The molecule has 5 heteroatoms. The number of carbonyl (C=O) groups is 2. The van der Waals surface area contributed by atoms with Gasteiger partial charge in [0.2, 0.25) is 11.8 Å². The summed E-state index contributed by atoms with van der Waals surface area (Å²) in [6.07, 6.45) is 5.26. The zero-order valence-corrected chi connectivity index (χ0v) is 13.5. The van der Waals surface area contributed by atoms with Gasteiger partial charge in [0.1, 0.15) is 0 Å². The number of unbranched alkanes of at least 4 members (excludes halogenated alkanes) is 1. The molecule has 0 radical (unpaired) electrons. The van der Waals surface area contributed by atoms with Crippen LogP contribution in [0.3, 0.4) is 0 Å². The molecule has 0 saturated carbocycles. The van der Waals surface area contributed by atoms with Gasteiger partial charge in [0.25, 0.3) is 0 Å². The highest BCUT2D eigenvalue weighted by Crippen LogP contribution is 2.11. The lowest BCUT2D eigenvalue weighted by atomic mass is 9.99. The van der Waals surface area contributed by atoms with Crippen LogP contribution < -0.4 is 5.32 Å². The Morgan fingerprint density at radius 2 is 1.90 bits per heavy atom. The Hall–Kier alpha value is -1.10. The normalized spacial score (nSPS) is 16.6. The van der Waals surface area contributed by atoms with Gasteiger partial charge in [-0.3, -0.25) is 9.59 Å². The van der Waals surface area contributed by atoms with Crippen LogP contribution in [-0.4, -0.2) is 49.6 Å². The summed E-state index contributed by atoms with van der Waals surface area (Å²) in [5, 5.41) is 2.97. The fourth-order valence-electron chi connectivity index (χ4n) is 2.48. The van der Waals surface area contributed by atoms with E-state index in [9.17, 15) is 9.59 Å². The van der Waals surface area contributed by atoms with Crippen LogP contribution in [0.5, 0.6) is 0 Å². The Bertz CT molecular complexity index is 315. The lowest BCUT2D eigenvalue weighted by Crippen LogP contribution is -2.41. The monoisotopic (exact) mass is 298 g/mol. The van der Waals surface area contributed by atoms with E-state index in [1.54, 1.807) is 4.90 Å².